The summed E-state index contributed by atoms with van der Waals surface area (Å²) in [5.41, 5.74) is 1.45. The summed E-state index contributed by atoms with van der Waals surface area (Å²) >= 11 is 0. The fourth-order valence-electron chi connectivity index (χ4n) is 1.99. The third-order valence-electron chi connectivity index (χ3n) is 3.12. The number of nitrogens with one attached hydrogen (secondary N) is 1. The number of para-hydroxylation sites is 1. The second kappa shape index (κ2) is 8.09. The van der Waals surface area contributed by atoms with Crippen molar-refractivity contribution in [3.63, 3.8) is 0 Å². The van der Waals surface area contributed by atoms with E-state index in [-0.39, 0.29) is 5.91 Å². The molecular formula is C16H20N4O2. The van der Waals surface area contributed by atoms with Crippen molar-refractivity contribution >= 4 is 17.5 Å². The predicted octanol–water partition coefficient (Wildman–Crippen LogP) is 2.01. The lowest BCUT2D eigenvalue weighted by Crippen LogP contribution is -2.27. The zero-order chi connectivity index (χ0) is 15.8. The number of anilines is 2. The van der Waals surface area contributed by atoms with E-state index in [9.17, 15) is 4.79 Å². The number of carbonyl (C=O) groups excluding carboxylic acids is 1. The molecule has 2 aromatic rings. The summed E-state index contributed by atoms with van der Waals surface area (Å²) in [6.45, 7) is 3.70. The van der Waals surface area contributed by atoms with Crippen LogP contribution in [0.5, 0.6) is 0 Å². The summed E-state index contributed by atoms with van der Waals surface area (Å²) in [5, 5.41) is 2.74. The second-order valence-corrected chi connectivity index (χ2v) is 4.60. The summed E-state index contributed by atoms with van der Waals surface area (Å²) < 4.78 is 4.89. The van der Waals surface area contributed by atoms with Crippen LogP contribution in [0.15, 0.2) is 42.7 Å². The first-order chi connectivity index (χ1) is 10.8. The van der Waals surface area contributed by atoms with Crippen molar-refractivity contribution in [1.29, 1.82) is 0 Å². The van der Waals surface area contributed by atoms with E-state index in [1.165, 1.54) is 12.4 Å². The van der Waals surface area contributed by atoms with E-state index >= 15 is 0 Å². The van der Waals surface area contributed by atoms with E-state index in [1.54, 1.807) is 7.11 Å². The van der Waals surface area contributed by atoms with Gasteiger partial charge in [-0.25, -0.2) is 9.97 Å². The molecule has 0 bridgehead atoms. The minimum absolute atomic E-state index is 0.202. The van der Waals surface area contributed by atoms with E-state index in [1.807, 2.05) is 42.2 Å². The van der Waals surface area contributed by atoms with Crippen LogP contribution in [0.2, 0.25) is 0 Å². The van der Waals surface area contributed by atoms with Crippen LogP contribution in [0.25, 0.3) is 0 Å². The normalized spacial score (nSPS) is 10.3. The van der Waals surface area contributed by atoms with Crippen LogP contribution in [0.1, 0.15) is 17.3 Å². The van der Waals surface area contributed by atoms with Gasteiger partial charge < -0.3 is 15.0 Å². The maximum atomic E-state index is 11.9. The van der Waals surface area contributed by atoms with Crippen LogP contribution >= 0.6 is 0 Å². The molecule has 6 nitrogen and oxygen atoms in total. The monoisotopic (exact) mass is 300 g/mol. The van der Waals surface area contributed by atoms with Crippen LogP contribution in [0.4, 0.5) is 11.6 Å². The fraction of sp³-hybridized carbons (Fsp3) is 0.312. The molecule has 6 heteroatoms. The molecule has 22 heavy (non-hydrogen) atoms. The lowest BCUT2D eigenvalue weighted by molar-refractivity contribution is 0.0936. The highest BCUT2D eigenvalue weighted by Crippen LogP contribution is 2.20. The smallest absolute Gasteiger partial charge is 0.254 e. The van der Waals surface area contributed by atoms with Gasteiger partial charge in [-0.15, -0.1) is 0 Å². The van der Waals surface area contributed by atoms with E-state index in [4.69, 9.17) is 4.74 Å². The van der Waals surface area contributed by atoms with Crippen molar-refractivity contribution in [3.05, 3.63) is 48.3 Å². The first kappa shape index (κ1) is 15.9. The quantitative estimate of drug-likeness (QED) is 0.792. The van der Waals surface area contributed by atoms with Crippen LogP contribution in [-0.2, 0) is 4.74 Å². The average Bonchev–Trinajstić information content (AvgIpc) is 2.57. The number of benzene rings is 1. The largest absolute Gasteiger partial charge is 0.383 e. The maximum absolute atomic E-state index is 11.9. The van der Waals surface area contributed by atoms with Crippen LogP contribution < -0.4 is 10.2 Å². The number of hydrogen-bond donors (Lipinski definition) is 1. The summed E-state index contributed by atoms with van der Waals surface area (Å²) in [5.74, 6) is 0.369. The Kier molecular flexibility index (Phi) is 5.85. The van der Waals surface area contributed by atoms with Gasteiger partial charge in [0.2, 0.25) is 5.95 Å². The minimum atomic E-state index is -0.202. The molecule has 0 unspecified atom stereocenters. The molecule has 0 saturated heterocycles. The molecule has 116 valence electrons. The Morgan fingerprint density at radius 2 is 1.91 bits per heavy atom. The Hall–Kier alpha value is -2.47. The number of nitrogens with zero attached hydrogens (tertiary/aromatic N) is 3. The van der Waals surface area contributed by atoms with Gasteiger partial charge in [-0.3, -0.25) is 4.79 Å². The van der Waals surface area contributed by atoms with Crippen LogP contribution in [-0.4, -0.2) is 42.7 Å². The van der Waals surface area contributed by atoms with Gasteiger partial charge in [0.15, 0.2) is 0 Å². The average molecular weight is 300 g/mol. The Bertz CT molecular complexity index is 587. The van der Waals surface area contributed by atoms with Crippen molar-refractivity contribution < 1.29 is 9.53 Å². The number of amides is 1. The minimum Gasteiger partial charge on any atom is -0.383 e. The highest BCUT2D eigenvalue weighted by Gasteiger charge is 2.11. The Morgan fingerprint density at radius 1 is 1.23 bits per heavy atom. The molecule has 1 heterocycles. The third-order valence-corrected chi connectivity index (χ3v) is 3.12. The standard InChI is InChI=1S/C16H20N4O2/c1-3-20(14-7-5-4-6-8-14)16-18-11-13(12-19-16)15(21)17-9-10-22-2/h4-8,11-12H,3,9-10H2,1-2H3,(H,17,21). The van der Waals surface area contributed by atoms with Gasteiger partial charge in [0.1, 0.15) is 0 Å². The number of ether oxygens (including phenoxy) is 1. The van der Waals surface area contributed by atoms with Crippen molar-refractivity contribution in [2.75, 3.05) is 31.7 Å². The lowest BCUT2D eigenvalue weighted by atomic mass is 10.3. The molecular weight excluding hydrogens is 280 g/mol. The number of rotatable bonds is 7. The fourth-order valence-corrected chi connectivity index (χ4v) is 1.99. The van der Waals surface area contributed by atoms with E-state index in [0.29, 0.717) is 24.7 Å². The highest BCUT2D eigenvalue weighted by atomic mass is 16.5. The second-order valence-electron chi connectivity index (χ2n) is 4.60. The predicted molar refractivity (Wildman–Crippen MR) is 85.4 cm³/mol. The SMILES string of the molecule is CCN(c1ccccc1)c1ncc(C(=O)NCCOC)cn1. The number of methoxy groups -OCH3 is 1. The molecule has 0 saturated carbocycles. The molecule has 0 aliphatic carbocycles. The number of carbonyl (C=O) groups is 1. The van der Waals surface area contributed by atoms with E-state index in [0.717, 1.165) is 12.2 Å². The van der Waals surface area contributed by atoms with Gasteiger partial charge in [-0.2, -0.15) is 0 Å². The molecule has 0 aliphatic heterocycles. The van der Waals surface area contributed by atoms with Gasteiger partial charge in [0.25, 0.3) is 5.91 Å². The third kappa shape index (κ3) is 4.02. The summed E-state index contributed by atoms with van der Waals surface area (Å²) in [6.07, 6.45) is 3.08. The molecule has 0 aliphatic rings. The zero-order valence-corrected chi connectivity index (χ0v) is 12.8. The van der Waals surface area contributed by atoms with Gasteiger partial charge in [0, 0.05) is 38.3 Å². The van der Waals surface area contributed by atoms with Crippen molar-refractivity contribution in [2.24, 2.45) is 0 Å². The maximum Gasteiger partial charge on any atom is 0.254 e. The Morgan fingerprint density at radius 3 is 2.50 bits per heavy atom. The Balaban J connectivity index is 2.09. The zero-order valence-electron chi connectivity index (χ0n) is 12.8. The molecule has 1 aromatic carbocycles. The van der Waals surface area contributed by atoms with Gasteiger partial charge in [-0.05, 0) is 19.1 Å². The summed E-state index contributed by atoms with van der Waals surface area (Å²) in [6, 6.07) is 9.90. The summed E-state index contributed by atoms with van der Waals surface area (Å²) in [7, 11) is 1.59. The Labute approximate surface area is 130 Å². The first-order valence-corrected chi connectivity index (χ1v) is 7.18. The van der Waals surface area contributed by atoms with Crippen molar-refractivity contribution in [3.8, 4) is 0 Å². The van der Waals surface area contributed by atoms with Gasteiger partial charge in [0.05, 0.1) is 12.2 Å². The van der Waals surface area contributed by atoms with Crippen LogP contribution in [0.3, 0.4) is 0 Å². The molecule has 1 aromatic heterocycles. The lowest BCUT2D eigenvalue weighted by Gasteiger charge is -2.20. The molecule has 2 rings (SSSR count). The highest BCUT2D eigenvalue weighted by molar-refractivity contribution is 5.93. The van der Waals surface area contributed by atoms with Gasteiger partial charge >= 0.3 is 0 Å². The van der Waals surface area contributed by atoms with E-state index < -0.39 is 0 Å². The molecule has 0 atom stereocenters. The summed E-state index contributed by atoms with van der Waals surface area (Å²) in [4.78, 5) is 22.5. The number of hydrogen-bond acceptors (Lipinski definition) is 5. The molecule has 0 radical (unpaired) electrons. The van der Waals surface area contributed by atoms with Crippen molar-refractivity contribution in [2.45, 2.75) is 6.92 Å². The molecule has 1 amide bonds. The topological polar surface area (TPSA) is 67.4 Å². The van der Waals surface area contributed by atoms with E-state index in [2.05, 4.69) is 15.3 Å². The number of aromatic nitrogens is 2. The first-order valence-electron chi connectivity index (χ1n) is 7.18. The van der Waals surface area contributed by atoms with Gasteiger partial charge in [-0.1, -0.05) is 18.2 Å². The molecule has 0 fully saturated rings. The molecule has 0 spiro atoms. The van der Waals surface area contributed by atoms with Crippen LogP contribution in [0, 0.1) is 0 Å². The van der Waals surface area contributed by atoms with Crippen molar-refractivity contribution in [1.82, 2.24) is 15.3 Å². The molecule has 1 N–H and O–H groups in total.